The van der Waals surface area contributed by atoms with Crippen molar-refractivity contribution < 1.29 is 4.79 Å². The first-order valence-electron chi connectivity index (χ1n) is 7.46. The van der Waals surface area contributed by atoms with Crippen LogP contribution in [0.2, 0.25) is 0 Å². The van der Waals surface area contributed by atoms with Gasteiger partial charge < -0.3 is 5.32 Å². The average Bonchev–Trinajstić information content (AvgIpc) is 2.87. The molecule has 3 nitrogen and oxygen atoms in total. The summed E-state index contributed by atoms with van der Waals surface area (Å²) in [5, 5.41) is 12.1. The number of carbonyl (C=O) groups is 1. The molecule has 4 aliphatic carbocycles. The molecule has 0 aliphatic heterocycles. The lowest BCUT2D eigenvalue weighted by Crippen LogP contribution is -2.44. The average molecular weight is 246 g/mol. The molecule has 3 heteroatoms. The molecule has 0 aromatic heterocycles. The molecule has 1 amide bonds. The normalized spacial score (nSPS) is 42.5. The smallest absolute Gasteiger partial charge is 0.223 e. The fourth-order valence-corrected chi connectivity index (χ4v) is 4.24. The van der Waals surface area contributed by atoms with Crippen molar-refractivity contribution in [1.29, 1.82) is 5.26 Å². The minimum Gasteiger partial charge on any atom is -0.353 e. The lowest BCUT2D eigenvalue weighted by molar-refractivity contribution is -0.130. The summed E-state index contributed by atoms with van der Waals surface area (Å²) in [6, 6.07) is 2.59. The second-order valence-electron chi connectivity index (χ2n) is 6.47. The van der Waals surface area contributed by atoms with Gasteiger partial charge >= 0.3 is 0 Å². The summed E-state index contributed by atoms with van der Waals surface area (Å²) in [7, 11) is 0. The number of fused-ring (bicyclic) bond motifs is 3. The first-order valence-corrected chi connectivity index (χ1v) is 7.46. The summed E-state index contributed by atoms with van der Waals surface area (Å²) >= 11 is 0. The predicted octanol–water partition coefficient (Wildman–Crippen LogP) is 2.62. The van der Waals surface area contributed by atoms with Crippen molar-refractivity contribution in [3.05, 3.63) is 0 Å². The van der Waals surface area contributed by atoms with Gasteiger partial charge in [0.15, 0.2) is 0 Å². The predicted molar refractivity (Wildman–Crippen MR) is 68.4 cm³/mol. The molecule has 18 heavy (non-hydrogen) atoms. The number of rotatable bonds is 2. The van der Waals surface area contributed by atoms with Gasteiger partial charge in [0.1, 0.15) is 0 Å². The summed E-state index contributed by atoms with van der Waals surface area (Å²) in [6.07, 6.45) is 9.13. The van der Waals surface area contributed by atoms with Gasteiger partial charge in [0.05, 0.1) is 6.07 Å². The minimum absolute atomic E-state index is 0.165. The Morgan fingerprint density at radius 2 is 1.83 bits per heavy atom. The van der Waals surface area contributed by atoms with Gasteiger partial charge in [0, 0.05) is 17.9 Å². The number of carbonyl (C=O) groups excluding carboxylic acids is 1. The van der Waals surface area contributed by atoms with Crippen LogP contribution in [0.1, 0.15) is 51.4 Å². The van der Waals surface area contributed by atoms with Crippen molar-refractivity contribution in [2.45, 2.75) is 57.4 Å². The number of nitrogens with zero attached hydrogens (tertiary/aromatic N) is 1. The number of nitrogens with one attached hydrogen (secondary N) is 1. The van der Waals surface area contributed by atoms with Gasteiger partial charge in [-0.05, 0) is 50.4 Å². The summed E-state index contributed by atoms with van der Waals surface area (Å²) in [4.78, 5) is 12.3. The third-order valence-corrected chi connectivity index (χ3v) is 5.35. The molecule has 0 saturated heterocycles. The first-order chi connectivity index (χ1) is 8.76. The largest absolute Gasteiger partial charge is 0.353 e. The molecule has 98 valence electrons. The topological polar surface area (TPSA) is 52.9 Å². The van der Waals surface area contributed by atoms with Crippen LogP contribution in [0, 0.1) is 35.0 Å². The van der Waals surface area contributed by atoms with Crippen LogP contribution in [0.3, 0.4) is 0 Å². The van der Waals surface area contributed by atoms with Crippen LogP contribution in [-0.2, 0) is 4.79 Å². The van der Waals surface area contributed by atoms with E-state index in [0.717, 1.165) is 31.6 Å². The van der Waals surface area contributed by atoms with E-state index in [1.165, 1.54) is 25.7 Å². The molecular weight excluding hydrogens is 224 g/mol. The molecule has 4 saturated carbocycles. The summed E-state index contributed by atoms with van der Waals surface area (Å²) < 4.78 is 0. The van der Waals surface area contributed by atoms with Crippen molar-refractivity contribution in [2.24, 2.45) is 23.7 Å². The Morgan fingerprint density at radius 1 is 1.06 bits per heavy atom. The van der Waals surface area contributed by atoms with Crippen molar-refractivity contribution in [3.8, 4) is 6.07 Å². The van der Waals surface area contributed by atoms with E-state index in [0.29, 0.717) is 5.92 Å². The third kappa shape index (κ3) is 2.25. The van der Waals surface area contributed by atoms with Gasteiger partial charge in [-0.2, -0.15) is 5.26 Å². The molecule has 4 fully saturated rings. The maximum Gasteiger partial charge on any atom is 0.223 e. The molecule has 0 spiro atoms. The Balaban J connectivity index is 1.54. The fraction of sp³-hybridized carbons (Fsp3) is 0.867. The Labute approximate surface area is 109 Å². The Hall–Kier alpha value is -1.04. The molecule has 2 bridgehead atoms. The second kappa shape index (κ2) is 4.91. The zero-order valence-electron chi connectivity index (χ0n) is 10.9. The Kier molecular flexibility index (Phi) is 3.28. The van der Waals surface area contributed by atoms with Crippen molar-refractivity contribution in [2.75, 3.05) is 0 Å². The van der Waals surface area contributed by atoms with Crippen LogP contribution < -0.4 is 5.32 Å². The van der Waals surface area contributed by atoms with Crippen LogP contribution in [0.4, 0.5) is 0 Å². The molecule has 1 N–H and O–H groups in total. The maximum absolute atomic E-state index is 12.3. The number of hydrogen-bond donors (Lipinski definition) is 1. The summed E-state index contributed by atoms with van der Waals surface area (Å²) in [5.41, 5.74) is 0. The lowest BCUT2D eigenvalue weighted by atomic mass is 9.64. The van der Waals surface area contributed by atoms with Crippen LogP contribution in [0.25, 0.3) is 0 Å². The second-order valence-corrected chi connectivity index (χ2v) is 6.47. The number of nitriles is 1. The SMILES string of the molecule is N#C[C@H]1CC[C@@H](NC(=O)C2CC3CCC2CC3)C1. The maximum atomic E-state index is 12.3. The van der Waals surface area contributed by atoms with Crippen molar-refractivity contribution in [3.63, 3.8) is 0 Å². The fourth-order valence-electron chi connectivity index (χ4n) is 4.24. The molecule has 0 aromatic carbocycles. The summed E-state index contributed by atoms with van der Waals surface area (Å²) in [5.74, 6) is 2.18. The first kappa shape index (κ1) is 12.0. The van der Waals surface area contributed by atoms with Crippen molar-refractivity contribution in [1.82, 2.24) is 5.32 Å². The number of amides is 1. The van der Waals surface area contributed by atoms with E-state index in [9.17, 15) is 4.79 Å². The molecule has 0 heterocycles. The molecule has 0 aromatic rings. The van der Waals surface area contributed by atoms with Crippen molar-refractivity contribution >= 4 is 5.91 Å². The van der Waals surface area contributed by atoms with Gasteiger partial charge in [-0.1, -0.05) is 12.8 Å². The molecule has 4 rings (SSSR count). The van der Waals surface area contributed by atoms with E-state index in [2.05, 4.69) is 11.4 Å². The molecule has 4 aliphatic rings. The van der Waals surface area contributed by atoms with Gasteiger partial charge in [-0.25, -0.2) is 0 Å². The third-order valence-electron chi connectivity index (χ3n) is 5.35. The van der Waals surface area contributed by atoms with Gasteiger partial charge in [0.2, 0.25) is 5.91 Å². The lowest BCUT2D eigenvalue weighted by Gasteiger charge is -2.41. The standard InChI is InChI=1S/C15H22N2O/c16-9-11-3-6-13(7-11)17-15(18)14-8-10-1-4-12(14)5-2-10/h10-14H,1-8H2,(H,17,18)/t10?,11-,12?,13+,14?/m0/s1. The summed E-state index contributed by atoms with van der Waals surface area (Å²) in [6.45, 7) is 0. The van der Waals surface area contributed by atoms with E-state index in [1.54, 1.807) is 0 Å². The van der Waals surface area contributed by atoms with E-state index in [-0.39, 0.29) is 23.8 Å². The number of hydrogen-bond acceptors (Lipinski definition) is 2. The van der Waals surface area contributed by atoms with Gasteiger partial charge in [0.25, 0.3) is 0 Å². The molecule has 3 atom stereocenters. The van der Waals surface area contributed by atoms with Gasteiger partial charge in [-0.3, -0.25) is 4.79 Å². The Bertz CT molecular complexity index is 365. The highest BCUT2D eigenvalue weighted by molar-refractivity contribution is 5.79. The minimum atomic E-state index is 0.165. The van der Waals surface area contributed by atoms with Gasteiger partial charge in [-0.15, -0.1) is 0 Å². The highest BCUT2D eigenvalue weighted by Gasteiger charge is 2.40. The zero-order valence-corrected chi connectivity index (χ0v) is 10.9. The molecular formula is C15H22N2O. The molecule has 0 radical (unpaired) electrons. The van der Waals surface area contributed by atoms with Crippen LogP contribution in [0.15, 0.2) is 0 Å². The highest BCUT2D eigenvalue weighted by Crippen LogP contribution is 2.45. The quantitative estimate of drug-likeness (QED) is 0.814. The molecule has 1 unspecified atom stereocenters. The Morgan fingerprint density at radius 3 is 2.39 bits per heavy atom. The van der Waals surface area contributed by atoms with Crippen LogP contribution in [-0.4, -0.2) is 11.9 Å². The highest BCUT2D eigenvalue weighted by atomic mass is 16.2. The van der Waals surface area contributed by atoms with E-state index in [4.69, 9.17) is 5.26 Å². The van der Waals surface area contributed by atoms with E-state index >= 15 is 0 Å². The zero-order chi connectivity index (χ0) is 12.5. The van der Waals surface area contributed by atoms with Crippen LogP contribution >= 0.6 is 0 Å². The monoisotopic (exact) mass is 246 g/mol. The van der Waals surface area contributed by atoms with E-state index in [1.807, 2.05) is 0 Å². The van der Waals surface area contributed by atoms with E-state index < -0.39 is 0 Å². The van der Waals surface area contributed by atoms with Crippen LogP contribution in [0.5, 0.6) is 0 Å².